The van der Waals surface area contributed by atoms with Gasteiger partial charge in [-0.15, -0.1) is 0 Å². The Morgan fingerprint density at radius 1 is 1.47 bits per heavy atom. The average Bonchev–Trinajstić information content (AvgIpc) is 2.83. The molecule has 2 rings (SSSR count). The number of piperidine rings is 1. The second kappa shape index (κ2) is 6.93. The van der Waals surface area contributed by atoms with Gasteiger partial charge in [0.2, 0.25) is 0 Å². The molecule has 0 atom stereocenters. The summed E-state index contributed by atoms with van der Waals surface area (Å²) in [5, 5.41) is 12.4. The minimum absolute atomic E-state index is 0.139. The lowest BCUT2D eigenvalue weighted by Gasteiger charge is -2.29. The molecular formula is C13H19ClN2O3. The summed E-state index contributed by atoms with van der Waals surface area (Å²) in [4.78, 5) is 14.0. The third-order valence-corrected chi connectivity index (χ3v) is 3.49. The molecule has 0 unspecified atom stereocenters. The molecule has 2 heterocycles. The highest BCUT2D eigenvalue weighted by atomic mass is 35.5. The van der Waals surface area contributed by atoms with E-state index in [2.05, 4.69) is 10.2 Å². The molecule has 106 valence electrons. The number of nitrogens with zero attached hydrogens (tertiary/aromatic N) is 1. The predicted molar refractivity (Wildman–Crippen MR) is 72.3 cm³/mol. The number of furan rings is 1. The maximum absolute atomic E-state index is 11.6. The molecule has 19 heavy (non-hydrogen) atoms. The van der Waals surface area contributed by atoms with Crippen LogP contribution in [0.2, 0.25) is 5.22 Å². The van der Waals surface area contributed by atoms with Gasteiger partial charge < -0.3 is 19.7 Å². The fraction of sp³-hybridized carbons (Fsp3) is 0.615. The highest BCUT2D eigenvalue weighted by Gasteiger charge is 2.16. The molecule has 1 fully saturated rings. The van der Waals surface area contributed by atoms with Crippen molar-refractivity contribution in [3.05, 3.63) is 23.1 Å². The molecular weight excluding hydrogens is 268 g/mol. The minimum Gasteiger partial charge on any atom is -0.440 e. The minimum atomic E-state index is -0.235. The second-order valence-electron chi connectivity index (χ2n) is 4.79. The van der Waals surface area contributed by atoms with Gasteiger partial charge in [-0.05, 0) is 49.5 Å². The molecule has 1 aromatic rings. The molecule has 1 amide bonds. The summed E-state index contributed by atoms with van der Waals surface area (Å²) in [6.45, 7) is 3.41. The first kappa shape index (κ1) is 14.4. The number of nitrogens with one attached hydrogen (secondary N) is 1. The lowest BCUT2D eigenvalue weighted by Crippen LogP contribution is -2.37. The van der Waals surface area contributed by atoms with E-state index in [1.54, 1.807) is 12.1 Å². The first-order valence-electron chi connectivity index (χ1n) is 6.59. The maximum Gasteiger partial charge on any atom is 0.287 e. The number of carbonyl (C=O) groups is 1. The largest absolute Gasteiger partial charge is 0.440 e. The molecule has 0 bridgehead atoms. The second-order valence-corrected chi connectivity index (χ2v) is 5.16. The number of rotatable bonds is 5. The summed E-state index contributed by atoms with van der Waals surface area (Å²) >= 11 is 5.61. The van der Waals surface area contributed by atoms with Crippen LogP contribution in [0.5, 0.6) is 0 Å². The number of carbonyl (C=O) groups excluding carboxylic acids is 1. The van der Waals surface area contributed by atoms with Crippen molar-refractivity contribution in [1.82, 2.24) is 10.2 Å². The zero-order chi connectivity index (χ0) is 13.7. The molecule has 1 aromatic heterocycles. The number of hydrogen-bond donors (Lipinski definition) is 2. The van der Waals surface area contributed by atoms with Gasteiger partial charge in [-0.3, -0.25) is 4.79 Å². The third kappa shape index (κ3) is 4.53. The molecule has 1 aliphatic rings. The van der Waals surface area contributed by atoms with Crippen molar-refractivity contribution in [2.24, 2.45) is 0 Å². The zero-order valence-electron chi connectivity index (χ0n) is 10.8. The van der Waals surface area contributed by atoms with E-state index < -0.39 is 0 Å². The Labute approximate surface area is 117 Å². The molecule has 5 nitrogen and oxygen atoms in total. The van der Waals surface area contributed by atoms with Gasteiger partial charge in [-0.2, -0.15) is 0 Å². The molecule has 0 spiro atoms. The van der Waals surface area contributed by atoms with E-state index in [0.717, 1.165) is 38.9 Å². The number of halogens is 1. The Morgan fingerprint density at radius 3 is 2.84 bits per heavy atom. The quantitative estimate of drug-likeness (QED) is 0.805. The summed E-state index contributed by atoms with van der Waals surface area (Å²) in [5.74, 6) is 0.00654. The van der Waals surface area contributed by atoms with Crippen molar-refractivity contribution in [2.75, 3.05) is 26.2 Å². The van der Waals surface area contributed by atoms with Gasteiger partial charge in [0.25, 0.3) is 5.91 Å². The van der Waals surface area contributed by atoms with Gasteiger partial charge >= 0.3 is 0 Å². The Morgan fingerprint density at radius 2 is 2.21 bits per heavy atom. The maximum atomic E-state index is 11.6. The van der Waals surface area contributed by atoms with Crippen molar-refractivity contribution in [2.45, 2.75) is 25.4 Å². The van der Waals surface area contributed by atoms with Crippen LogP contribution in [-0.2, 0) is 0 Å². The Kier molecular flexibility index (Phi) is 5.24. The SMILES string of the molecule is O=C(NCCCN1CCC(O)CC1)c1ccc(Cl)o1. The first-order chi connectivity index (χ1) is 9.15. The molecule has 0 radical (unpaired) electrons. The van der Waals surface area contributed by atoms with E-state index >= 15 is 0 Å². The predicted octanol–water partition coefficient (Wildman–Crippen LogP) is 1.51. The fourth-order valence-electron chi connectivity index (χ4n) is 2.17. The van der Waals surface area contributed by atoms with Crippen molar-refractivity contribution >= 4 is 17.5 Å². The van der Waals surface area contributed by atoms with Crippen LogP contribution in [0.25, 0.3) is 0 Å². The average molecular weight is 287 g/mol. The number of hydrogen-bond acceptors (Lipinski definition) is 4. The zero-order valence-corrected chi connectivity index (χ0v) is 11.5. The lowest BCUT2D eigenvalue weighted by molar-refractivity contribution is 0.0814. The van der Waals surface area contributed by atoms with Crippen LogP contribution in [0, 0.1) is 0 Å². The molecule has 1 saturated heterocycles. The van der Waals surface area contributed by atoms with Crippen LogP contribution in [0.4, 0.5) is 0 Å². The van der Waals surface area contributed by atoms with E-state index in [-0.39, 0.29) is 23.0 Å². The molecule has 2 N–H and O–H groups in total. The standard InChI is InChI=1S/C13H19ClN2O3/c14-12-3-2-11(19-12)13(18)15-6-1-7-16-8-4-10(17)5-9-16/h2-3,10,17H,1,4-9H2,(H,15,18). The summed E-state index contributed by atoms with van der Waals surface area (Å²) in [6, 6.07) is 3.11. The molecule has 1 aliphatic heterocycles. The van der Waals surface area contributed by atoms with Gasteiger partial charge in [0.05, 0.1) is 6.10 Å². The van der Waals surface area contributed by atoms with Crippen LogP contribution >= 0.6 is 11.6 Å². The van der Waals surface area contributed by atoms with Crippen molar-refractivity contribution in [3.8, 4) is 0 Å². The summed E-state index contributed by atoms with van der Waals surface area (Å²) in [5.41, 5.74) is 0. The molecule has 6 heteroatoms. The van der Waals surface area contributed by atoms with Crippen LogP contribution in [-0.4, -0.2) is 48.2 Å². The van der Waals surface area contributed by atoms with Gasteiger partial charge in [0.15, 0.2) is 11.0 Å². The molecule has 0 aromatic carbocycles. The number of amides is 1. The normalized spacial score (nSPS) is 17.6. The summed E-state index contributed by atoms with van der Waals surface area (Å²) < 4.78 is 5.02. The van der Waals surface area contributed by atoms with Gasteiger partial charge in [0, 0.05) is 19.6 Å². The fourth-order valence-corrected chi connectivity index (χ4v) is 2.32. The van der Waals surface area contributed by atoms with E-state index in [1.807, 2.05) is 0 Å². The van der Waals surface area contributed by atoms with Crippen LogP contribution < -0.4 is 5.32 Å². The Hall–Kier alpha value is -1.04. The third-order valence-electron chi connectivity index (χ3n) is 3.29. The smallest absolute Gasteiger partial charge is 0.287 e. The number of likely N-dealkylation sites (tertiary alicyclic amines) is 1. The van der Waals surface area contributed by atoms with Gasteiger partial charge in [0.1, 0.15) is 0 Å². The summed E-state index contributed by atoms with van der Waals surface area (Å²) in [7, 11) is 0. The van der Waals surface area contributed by atoms with E-state index in [0.29, 0.717) is 6.54 Å². The monoisotopic (exact) mass is 286 g/mol. The van der Waals surface area contributed by atoms with E-state index in [1.165, 1.54) is 0 Å². The van der Waals surface area contributed by atoms with E-state index in [9.17, 15) is 9.90 Å². The van der Waals surface area contributed by atoms with Gasteiger partial charge in [-0.25, -0.2) is 0 Å². The van der Waals surface area contributed by atoms with Crippen molar-refractivity contribution < 1.29 is 14.3 Å². The molecule has 0 saturated carbocycles. The first-order valence-corrected chi connectivity index (χ1v) is 6.97. The van der Waals surface area contributed by atoms with Crippen LogP contribution in [0.15, 0.2) is 16.5 Å². The topological polar surface area (TPSA) is 65.7 Å². The van der Waals surface area contributed by atoms with E-state index in [4.69, 9.17) is 16.0 Å². The highest BCUT2D eigenvalue weighted by molar-refractivity contribution is 6.29. The van der Waals surface area contributed by atoms with Crippen LogP contribution in [0.3, 0.4) is 0 Å². The number of aliphatic hydroxyl groups is 1. The van der Waals surface area contributed by atoms with Crippen molar-refractivity contribution in [3.63, 3.8) is 0 Å². The van der Waals surface area contributed by atoms with Gasteiger partial charge in [-0.1, -0.05) is 0 Å². The lowest BCUT2D eigenvalue weighted by atomic mass is 10.1. The van der Waals surface area contributed by atoms with Crippen LogP contribution in [0.1, 0.15) is 29.8 Å². The Bertz CT molecular complexity index is 414. The Balaban J connectivity index is 1.60. The molecule has 0 aliphatic carbocycles. The summed E-state index contributed by atoms with van der Waals surface area (Å²) in [6.07, 6.45) is 2.43. The highest BCUT2D eigenvalue weighted by Crippen LogP contribution is 2.13. The van der Waals surface area contributed by atoms with Crippen molar-refractivity contribution in [1.29, 1.82) is 0 Å². The number of aliphatic hydroxyl groups excluding tert-OH is 1.